The lowest BCUT2D eigenvalue weighted by atomic mass is 9.75. The third-order valence-electron chi connectivity index (χ3n) is 4.81. The number of aryl methyl sites for hydroxylation is 2. The minimum atomic E-state index is -0.604. The Kier molecular flexibility index (Phi) is 4.12. The Morgan fingerprint density at radius 2 is 2.00 bits per heavy atom. The molecular formula is C15H25BrN2O. The van der Waals surface area contributed by atoms with Crippen LogP contribution in [-0.4, -0.2) is 20.5 Å². The fourth-order valence-electron chi connectivity index (χ4n) is 3.18. The summed E-state index contributed by atoms with van der Waals surface area (Å²) < 4.78 is 3.13. The van der Waals surface area contributed by atoms with Crippen LogP contribution < -0.4 is 0 Å². The fourth-order valence-corrected chi connectivity index (χ4v) is 3.89. The normalized spacial score (nSPS) is 26.0. The van der Waals surface area contributed by atoms with Crippen LogP contribution in [-0.2, 0) is 19.4 Å². The van der Waals surface area contributed by atoms with E-state index in [0.29, 0.717) is 6.42 Å². The van der Waals surface area contributed by atoms with Crippen molar-refractivity contribution in [2.45, 2.75) is 71.9 Å². The molecule has 108 valence electrons. The highest BCUT2D eigenvalue weighted by Gasteiger charge is 2.48. The summed E-state index contributed by atoms with van der Waals surface area (Å²) in [4.78, 5) is 0. The maximum Gasteiger partial charge on any atom is 0.0766 e. The molecule has 1 fully saturated rings. The number of aromatic nitrogens is 2. The lowest BCUT2D eigenvalue weighted by Crippen LogP contribution is -2.42. The molecule has 1 N–H and O–H groups in total. The third-order valence-corrected chi connectivity index (χ3v) is 5.72. The van der Waals surface area contributed by atoms with Crippen molar-refractivity contribution in [1.29, 1.82) is 0 Å². The molecule has 1 saturated carbocycles. The van der Waals surface area contributed by atoms with Gasteiger partial charge in [-0.25, -0.2) is 0 Å². The Bertz CT molecular complexity index is 467. The second kappa shape index (κ2) is 5.21. The Morgan fingerprint density at radius 1 is 1.32 bits per heavy atom. The van der Waals surface area contributed by atoms with E-state index in [1.54, 1.807) is 0 Å². The average molecular weight is 329 g/mol. The molecule has 0 saturated heterocycles. The number of rotatable bonds is 4. The van der Waals surface area contributed by atoms with Crippen LogP contribution in [0.3, 0.4) is 0 Å². The largest absolute Gasteiger partial charge is 0.389 e. The van der Waals surface area contributed by atoms with Gasteiger partial charge in [0.05, 0.1) is 21.5 Å². The van der Waals surface area contributed by atoms with Crippen LogP contribution in [0, 0.1) is 5.41 Å². The molecule has 1 heterocycles. The first kappa shape index (κ1) is 15.0. The molecule has 0 amide bonds. The van der Waals surface area contributed by atoms with Crippen LogP contribution in [0.4, 0.5) is 0 Å². The zero-order valence-electron chi connectivity index (χ0n) is 12.5. The summed E-state index contributed by atoms with van der Waals surface area (Å²) in [6.07, 6.45) is 4.72. The minimum absolute atomic E-state index is 0.0122. The summed E-state index contributed by atoms with van der Waals surface area (Å²) in [5.41, 5.74) is 1.63. The Balaban J connectivity index is 2.35. The Hall–Kier alpha value is -0.350. The van der Waals surface area contributed by atoms with Crippen LogP contribution in [0.1, 0.15) is 58.3 Å². The first-order chi connectivity index (χ1) is 8.84. The molecule has 1 unspecified atom stereocenters. The van der Waals surface area contributed by atoms with Gasteiger partial charge in [-0.15, -0.1) is 0 Å². The van der Waals surface area contributed by atoms with E-state index in [2.05, 4.69) is 48.7 Å². The summed E-state index contributed by atoms with van der Waals surface area (Å²) in [5, 5.41) is 15.7. The number of aliphatic hydroxyl groups is 1. The quantitative estimate of drug-likeness (QED) is 0.914. The predicted molar refractivity (Wildman–Crippen MR) is 81.3 cm³/mol. The Morgan fingerprint density at radius 3 is 2.47 bits per heavy atom. The molecule has 0 aromatic carbocycles. The standard InChI is InChI=1S/C15H25BrN2O/c1-5-11-13(16)12(18(6-2)17-11)10-15(19)9-7-8-14(15,3)4/h19H,5-10H2,1-4H3. The number of hydrogen-bond acceptors (Lipinski definition) is 2. The molecule has 1 aliphatic rings. The van der Waals surface area contributed by atoms with Crippen molar-refractivity contribution >= 4 is 15.9 Å². The van der Waals surface area contributed by atoms with Gasteiger partial charge in [-0.1, -0.05) is 20.8 Å². The van der Waals surface area contributed by atoms with E-state index in [1.807, 2.05) is 4.68 Å². The molecule has 1 atom stereocenters. The van der Waals surface area contributed by atoms with Crippen LogP contribution in [0.15, 0.2) is 4.47 Å². The number of nitrogens with zero attached hydrogens (tertiary/aromatic N) is 2. The van der Waals surface area contributed by atoms with Crippen LogP contribution in [0.25, 0.3) is 0 Å². The minimum Gasteiger partial charge on any atom is -0.389 e. The maximum absolute atomic E-state index is 11.0. The van der Waals surface area contributed by atoms with Crippen LogP contribution in [0.5, 0.6) is 0 Å². The molecule has 1 aliphatic carbocycles. The summed E-state index contributed by atoms with van der Waals surface area (Å²) in [7, 11) is 0. The van der Waals surface area contributed by atoms with E-state index in [9.17, 15) is 5.11 Å². The first-order valence-corrected chi connectivity index (χ1v) is 8.10. The summed E-state index contributed by atoms with van der Waals surface area (Å²) in [6.45, 7) is 9.43. The van der Waals surface area contributed by atoms with E-state index in [0.717, 1.165) is 48.1 Å². The third kappa shape index (κ3) is 2.49. The van der Waals surface area contributed by atoms with E-state index in [1.165, 1.54) is 0 Å². The number of hydrogen-bond donors (Lipinski definition) is 1. The molecular weight excluding hydrogens is 304 g/mol. The van der Waals surface area contributed by atoms with Crippen LogP contribution in [0.2, 0.25) is 0 Å². The Labute approximate surface area is 124 Å². The van der Waals surface area contributed by atoms with E-state index >= 15 is 0 Å². The molecule has 2 rings (SSSR count). The van der Waals surface area contributed by atoms with Gasteiger partial charge in [0, 0.05) is 13.0 Å². The smallest absolute Gasteiger partial charge is 0.0766 e. The van der Waals surface area contributed by atoms with Gasteiger partial charge in [-0.05, 0) is 54.0 Å². The molecule has 0 radical (unpaired) electrons. The maximum atomic E-state index is 11.0. The van der Waals surface area contributed by atoms with Gasteiger partial charge in [-0.3, -0.25) is 4.68 Å². The molecule has 0 spiro atoms. The van der Waals surface area contributed by atoms with Gasteiger partial charge in [0.2, 0.25) is 0 Å². The molecule has 0 aliphatic heterocycles. The number of halogens is 1. The van der Waals surface area contributed by atoms with Crippen molar-refractivity contribution in [2.24, 2.45) is 5.41 Å². The van der Waals surface area contributed by atoms with Crippen molar-refractivity contribution in [2.75, 3.05) is 0 Å². The summed E-state index contributed by atoms with van der Waals surface area (Å²) >= 11 is 3.68. The average Bonchev–Trinajstić information content (AvgIpc) is 2.79. The first-order valence-electron chi connectivity index (χ1n) is 7.31. The van der Waals surface area contributed by atoms with Crippen molar-refractivity contribution in [3.63, 3.8) is 0 Å². The summed E-state index contributed by atoms with van der Waals surface area (Å²) in [5.74, 6) is 0. The van der Waals surface area contributed by atoms with Crippen molar-refractivity contribution in [3.05, 3.63) is 15.9 Å². The lowest BCUT2D eigenvalue weighted by Gasteiger charge is -2.37. The van der Waals surface area contributed by atoms with Gasteiger partial charge >= 0.3 is 0 Å². The highest BCUT2D eigenvalue weighted by Crippen LogP contribution is 2.48. The van der Waals surface area contributed by atoms with E-state index < -0.39 is 5.60 Å². The summed E-state index contributed by atoms with van der Waals surface area (Å²) in [6, 6.07) is 0. The van der Waals surface area contributed by atoms with Crippen molar-refractivity contribution < 1.29 is 5.11 Å². The second-order valence-corrected chi connectivity index (χ2v) is 7.12. The lowest BCUT2D eigenvalue weighted by molar-refractivity contribution is -0.0435. The predicted octanol–water partition coefficient (Wildman–Crippen LogP) is 3.71. The molecule has 1 aromatic heterocycles. The molecule has 4 heteroatoms. The van der Waals surface area contributed by atoms with Crippen molar-refractivity contribution in [3.8, 4) is 0 Å². The highest BCUT2D eigenvalue weighted by atomic mass is 79.9. The topological polar surface area (TPSA) is 38.0 Å². The van der Waals surface area contributed by atoms with Gasteiger partial charge in [0.25, 0.3) is 0 Å². The zero-order chi connectivity index (χ0) is 14.3. The molecule has 3 nitrogen and oxygen atoms in total. The zero-order valence-corrected chi connectivity index (χ0v) is 14.0. The highest BCUT2D eigenvalue weighted by molar-refractivity contribution is 9.10. The fraction of sp³-hybridized carbons (Fsp3) is 0.800. The molecule has 19 heavy (non-hydrogen) atoms. The second-order valence-electron chi connectivity index (χ2n) is 6.32. The SMILES string of the molecule is CCc1nn(CC)c(CC2(O)CCCC2(C)C)c1Br. The van der Waals surface area contributed by atoms with E-state index in [4.69, 9.17) is 0 Å². The van der Waals surface area contributed by atoms with Gasteiger partial charge in [0.1, 0.15) is 0 Å². The molecule has 0 bridgehead atoms. The van der Waals surface area contributed by atoms with E-state index in [-0.39, 0.29) is 5.41 Å². The monoisotopic (exact) mass is 328 g/mol. The van der Waals surface area contributed by atoms with Gasteiger partial charge in [-0.2, -0.15) is 5.10 Å². The molecule has 1 aromatic rings. The van der Waals surface area contributed by atoms with Crippen molar-refractivity contribution in [1.82, 2.24) is 9.78 Å². The van der Waals surface area contributed by atoms with Gasteiger partial charge in [0.15, 0.2) is 0 Å². The van der Waals surface area contributed by atoms with Crippen LogP contribution >= 0.6 is 15.9 Å². The van der Waals surface area contributed by atoms with Gasteiger partial charge < -0.3 is 5.11 Å².